The largest absolute Gasteiger partial charge is 0.385 e. The number of halogens is 1. The van der Waals surface area contributed by atoms with E-state index in [-0.39, 0.29) is 6.04 Å². The molecule has 1 fully saturated rings. The highest BCUT2D eigenvalue weighted by Crippen LogP contribution is 2.31. The van der Waals surface area contributed by atoms with Crippen molar-refractivity contribution >= 4 is 27.7 Å². The Labute approximate surface area is 126 Å². The highest BCUT2D eigenvalue weighted by atomic mass is 79.9. The molecule has 0 aliphatic carbocycles. The van der Waals surface area contributed by atoms with Crippen molar-refractivity contribution < 1.29 is 9.84 Å². The average Bonchev–Trinajstić information content (AvgIpc) is 2.77. The van der Waals surface area contributed by atoms with Gasteiger partial charge in [0.25, 0.3) is 0 Å². The van der Waals surface area contributed by atoms with Crippen LogP contribution in [0.2, 0.25) is 0 Å². The molecule has 1 aromatic heterocycles. The van der Waals surface area contributed by atoms with E-state index < -0.39 is 6.10 Å². The van der Waals surface area contributed by atoms with Gasteiger partial charge >= 0.3 is 0 Å². The van der Waals surface area contributed by atoms with Gasteiger partial charge in [-0.05, 0) is 23.0 Å². The molecule has 1 N–H and O–H groups in total. The summed E-state index contributed by atoms with van der Waals surface area (Å²) in [7, 11) is 3.73. The summed E-state index contributed by atoms with van der Waals surface area (Å²) in [5, 5.41) is 15.0. The maximum atomic E-state index is 10.7. The number of thioether (sulfide) groups is 1. The third-order valence-corrected chi connectivity index (χ3v) is 5.09. The van der Waals surface area contributed by atoms with E-state index in [2.05, 4.69) is 33.0 Å². The molecule has 2 atom stereocenters. The lowest BCUT2D eigenvalue weighted by atomic mass is 10.1. The molecule has 0 spiro atoms. The van der Waals surface area contributed by atoms with Crippen molar-refractivity contribution in [2.75, 3.05) is 38.8 Å². The van der Waals surface area contributed by atoms with Gasteiger partial charge < -0.3 is 9.84 Å². The minimum Gasteiger partial charge on any atom is -0.385 e. The Kier molecular flexibility index (Phi) is 5.70. The number of nitrogens with zero attached hydrogens (tertiary/aromatic N) is 3. The zero-order chi connectivity index (χ0) is 13.8. The molecule has 108 valence electrons. The third kappa shape index (κ3) is 3.52. The molecule has 19 heavy (non-hydrogen) atoms. The Morgan fingerprint density at radius 3 is 3.16 bits per heavy atom. The van der Waals surface area contributed by atoms with E-state index in [1.807, 2.05) is 16.4 Å². The number of ether oxygens (including phenoxy) is 1. The molecular formula is C12H20BrN3O2S. The number of aliphatic hydroxyl groups excluding tert-OH is 1. The van der Waals surface area contributed by atoms with Crippen molar-refractivity contribution in [3.63, 3.8) is 0 Å². The Morgan fingerprint density at radius 1 is 1.68 bits per heavy atom. The Bertz CT molecular complexity index is 416. The van der Waals surface area contributed by atoms with E-state index in [1.54, 1.807) is 13.3 Å². The molecule has 1 aliphatic heterocycles. The van der Waals surface area contributed by atoms with Crippen LogP contribution in [0.15, 0.2) is 10.7 Å². The second kappa shape index (κ2) is 7.08. The highest BCUT2D eigenvalue weighted by Gasteiger charge is 2.31. The zero-order valence-electron chi connectivity index (χ0n) is 11.3. The summed E-state index contributed by atoms with van der Waals surface area (Å²) < 4.78 is 7.77. The van der Waals surface area contributed by atoms with E-state index in [0.29, 0.717) is 13.2 Å². The van der Waals surface area contributed by atoms with E-state index in [1.165, 1.54) is 0 Å². The maximum Gasteiger partial charge on any atom is 0.113 e. The van der Waals surface area contributed by atoms with E-state index in [0.717, 1.165) is 28.2 Å². The summed E-state index contributed by atoms with van der Waals surface area (Å²) >= 11 is 5.38. The Morgan fingerprint density at radius 2 is 2.47 bits per heavy atom. The zero-order valence-corrected chi connectivity index (χ0v) is 13.7. The lowest BCUT2D eigenvalue weighted by molar-refractivity contribution is 0.0666. The Balaban J connectivity index is 2.17. The summed E-state index contributed by atoms with van der Waals surface area (Å²) in [4.78, 5) is 2.22. The van der Waals surface area contributed by atoms with Gasteiger partial charge in [0, 0.05) is 25.2 Å². The second-order valence-corrected chi connectivity index (χ2v) is 6.67. The number of hydrogen-bond acceptors (Lipinski definition) is 5. The van der Waals surface area contributed by atoms with E-state index in [4.69, 9.17) is 4.74 Å². The monoisotopic (exact) mass is 349 g/mol. The molecule has 7 heteroatoms. The second-order valence-electron chi connectivity index (χ2n) is 4.66. The average molecular weight is 350 g/mol. The Hall–Kier alpha value is -0.0800. The smallest absolute Gasteiger partial charge is 0.113 e. The van der Waals surface area contributed by atoms with Gasteiger partial charge in [-0.3, -0.25) is 9.58 Å². The van der Waals surface area contributed by atoms with Crippen LogP contribution in [-0.4, -0.2) is 64.6 Å². The summed E-state index contributed by atoms with van der Waals surface area (Å²) in [6.45, 7) is 2.25. The number of rotatable bonds is 5. The lowest BCUT2D eigenvalue weighted by Gasteiger charge is -2.35. The first kappa shape index (κ1) is 15.3. The van der Waals surface area contributed by atoms with Crippen molar-refractivity contribution in [3.8, 4) is 0 Å². The molecule has 2 heterocycles. The van der Waals surface area contributed by atoms with Crippen molar-refractivity contribution in [1.82, 2.24) is 14.7 Å². The number of methoxy groups -OCH3 is 1. The topological polar surface area (TPSA) is 50.5 Å². The molecule has 5 nitrogen and oxygen atoms in total. The van der Waals surface area contributed by atoms with Gasteiger partial charge in [-0.2, -0.15) is 16.9 Å². The van der Waals surface area contributed by atoms with Crippen LogP contribution in [0.4, 0.5) is 0 Å². The molecule has 0 bridgehead atoms. The quantitative estimate of drug-likeness (QED) is 0.869. The fourth-order valence-electron chi connectivity index (χ4n) is 2.24. The van der Waals surface area contributed by atoms with Crippen LogP contribution in [0.1, 0.15) is 11.8 Å². The fraction of sp³-hybridized carbons (Fsp3) is 0.750. The van der Waals surface area contributed by atoms with Crippen LogP contribution in [0.3, 0.4) is 0 Å². The number of hydrogen-bond donors (Lipinski definition) is 1. The van der Waals surface area contributed by atoms with Crippen LogP contribution < -0.4 is 0 Å². The van der Waals surface area contributed by atoms with Crippen LogP contribution in [0, 0.1) is 0 Å². The molecule has 0 saturated carbocycles. The standard InChI is InChI=1S/C12H20BrN3O2S/c1-15-4-6-19-8-10(15)12(17)11-9(13)7-14-16(11)3-5-18-2/h7,10,12,17H,3-6,8H2,1-2H3. The normalized spacial score (nSPS) is 22.6. The predicted octanol–water partition coefficient (Wildman–Crippen LogP) is 1.37. The number of aromatic nitrogens is 2. The van der Waals surface area contributed by atoms with Gasteiger partial charge in [0.2, 0.25) is 0 Å². The van der Waals surface area contributed by atoms with Crippen molar-refractivity contribution in [3.05, 3.63) is 16.4 Å². The predicted molar refractivity (Wildman–Crippen MR) is 80.5 cm³/mol. The third-order valence-electron chi connectivity index (χ3n) is 3.43. The molecule has 2 rings (SSSR count). The summed E-state index contributed by atoms with van der Waals surface area (Å²) in [5.74, 6) is 2.07. The van der Waals surface area contributed by atoms with Gasteiger partial charge in [-0.1, -0.05) is 0 Å². The molecule has 1 saturated heterocycles. The highest BCUT2D eigenvalue weighted by molar-refractivity contribution is 9.10. The van der Waals surface area contributed by atoms with Crippen LogP contribution in [0.25, 0.3) is 0 Å². The van der Waals surface area contributed by atoms with Crippen LogP contribution in [-0.2, 0) is 11.3 Å². The SMILES string of the molecule is COCCn1ncc(Br)c1C(O)C1CSCCN1C. The lowest BCUT2D eigenvalue weighted by Crippen LogP contribution is -2.44. The summed E-state index contributed by atoms with van der Waals surface area (Å²) in [6.07, 6.45) is 1.20. The molecule has 0 amide bonds. The molecule has 0 aromatic carbocycles. The van der Waals surface area contributed by atoms with Crippen molar-refractivity contribution in [2.45, 2.75) is 18.7 Å². The van der Waals surface area contributed by atoms with E-state index >= 15 is 0 Å². The van der Waals surface area contributed by atoms with Gasteiger partial charge in [0.15, 0.2) is 0 Å². The summed E-state index contributed by atoms with van der Waals surface area (Å²) in [6, 6.07) is 0.132. The molecular weight excluding hydrogens is 330 g/mol. The molecule has 0 radical (unpaired) electrons. The minimum absolute atomic E-state index is 0.132. The minimum atomic E-state index is -0.536. The number of likely N-dealkylation sites (N-methyl/N-ethyl adjacent to an activating group) is 1. The van der Waals surface area contributed by atoms with Crippen molar-refractivity contribution in [1.29, 1.82) is 0 Å². The van der Waals surface area contributed by atoms with Gasteiger partial charge in [-0.25, -0.2) is 0 Å². The number of aliphatic hydroxyl groups is 1. The first-order valence-electron chi connectivity index (χ1n) is 6.31. The first-order valence-corrected chi connectivity index (χ1v) is 8.26. The molecule has 1 aliphatic rings. The summed E-state index contributed by atoms with van der Waals surface area (Å²) in [5.41, 5.74) is 0.844. The van der Waals surface area contributed by atoms with Crippen LogP contribution in [0.5, 0.6) is 0 Å². The molecule has 1 aromatic rings. The van der Waals surface area contributed by atoms with Crippen molar-refractivity contribution in [2.24, 2.45) is 0 Å². The van der Waals surface area contributed by atoms with Gasteiger partial charge in [0.05, 0.1) is 35.6 Å². The van der Waals surface area contributed by atoms with Gasteiger partial charge in [-0.15, -0.1) is 0 Å². The fourth-order valence-corrected chi connectivity index (χ4v) is 4.03. The van der Waals surface area contributed by atoms with Crippen LogP contribution >= 0.6 is 27.7 Å². The van der Waals surface area contributed by atoms with E-state index in [9.17, 15) is 5.11 Å². The van der Waals surface area contributed by atoms with Gasteiger partial charge in [0.1, 0.15) is 6.10 Å². The molecule has 2 unspecified atom stereocenters. The first-order chi connectivity index (χ1) is 9.15. The maximum absolute atomic E-state index is 10.7.